The third kappa shape index (κ3) is 1.76. The molecule has 1 heterocycles. The Labute approximate surface area is 65.3 Å². The molecule has 0 aromatic carbocycles. The fourth-order valence-electron chi connectivity index (χ4n) is 0.461. The van der Waals surface area contributed by atoms with Gasteiger partial charge in [0.25, 0.3) is 0 Å². The zero-order valence-corrected chi connectivity index (χ0v) is 6.35. The Bertz CT molecular complexity index is 248. The number of pyridine rings is 1. The van der Waals surface area contributed by atoms with E-state index >= 15 is 0 Å². The number of hydrogen-bond donors (Lipinski definition) is 0. The highest BCUT2D eigenvalue weighted by Crippen LogP contribution is 2.07. The van der Waals surface area contributed by atoms with E-state index in [9.17, 15) is 8.76 Å². The average molecular weight is 177 g/mol. The minimum absolute atomic E-state index is 0.00407. The lowest BCUT2D eigenvalue weighted by atomic mass is 10.5. The van der Waals surface area contributed by atoms with Gasteiger partial charge < -0.3 is 4.55 Å². The second-order valence-electron chi connectivity index (χ2n) is 1.55. The van der Waals surface area contributed by atoms with Crippen molar-refractivity contribution in [2.45, 2.75) is 5.03 Å². The van der Waals surface area contributed by atoms with Crippen LogP contribution in [0.1, 0.15) is 0 Å². The van der Waals surface area contributed by atoms with Crippen molar-refractivity contribution in [1.29, 1.82) is 0 Å². The van der Waals surface area contributed by atoms with Crippen LogP contribution in [0.4, 0.5) is 0 Å². The summed E-state index contributed by atoms with van der Waals surface area (Å²) in [5.41, 5.74) is 0. The molecule has 5 heteroatoms. The molecule has 1 atom stereocenters. The highest BCUT2D eigenvalue weighted by atomic mass is 35.5. The summed E-state index contributed by atoms with van der Waals surface area (Å²) in [6.45, 7) is 0. The van der Waals surface area contributed by atoms with Gasteiger partial charge in [0.2, 0.25) is 0 Å². The molecular formula is C5H3ClNO2S-. The second-order valence-corrected chi connectivity index (χ2v) is 2.87. The molecule has 10 heavy (non-hydrogen) atoms. The van der Waals surface area contributed by atoms with Crippen LogP contribution >= 0.6 is 11.6 Å². The Morgan fingerprint density at radius 1 is 1.60 bits per heavy atom. The molecule has 0 saturated carbocycles. The van der Waals surface area contributed by atoms with Gasteiger partial charge in [-0.05, 0) is 23.2 Å². The zero-order chi connectivity index (χ0) is 7.56. The van der Waals surface area contributed by atoms with E-state index in [4.69, 9.17) is 11.6 Å². The minimum atomic E-state index is -2.26. The van der Waals surface area contributed by atoms with Crippen molar-refractivity contribution in [2.24, 2.45) is 0 Å². The van der Waals surface area contributed by atoms with E-state index in [-0.39, 0.29) is 5.03 Å². The maximum Gasteiger partial charge on any atom is 0.113 e. The van der Waals surface area contributed by atoms with Crippen molar-refractivity contribution in [3.8, 4) is 0 Å². The summed E-state index contributed by atoms with van der Waals surface area (Å²) >= 11 is 3.20. The highest BCUT2D eigenvalue weighted by molar-refractivity contribution is 7.79. The first-order valence-corrected chi connectivity index (χ1v) is 3.86. The van der Waals surface area contributed by atoms with Crippen LogP contribution in [0.2, 0.25) is 5.02 Å². The monoisotopic (exact) mass is 176 g/mol. The van der Waals surface area contributed by atoms with Gasteiger partial charge in [0.05, 0.1) is 5.02 Å². The van der Waals surface area contributed by atoms with Crippen molar-refractivity contribution in [3.63, 3.8) is 0 Å². The van der Waals surface area contributed by atoms with Gasteiger partial charge in [-0.1, -0.05) is 11.6 Å². The molecule has 0 aliphatic carbocycles. The largest absolute Gasteiger partial charge is 0.767 e. The number of aromatic nitrogens is 1. The van der Waals surface area contributed by atoms with E-state index in [1.54, 1.807) is 0 Å². The van der Waals surface area contributed by atoms with Crippen LogP contribution in [0.15, 0.2) is 23.4 Å². The average Bonchev–Trinajstić information content (AvgIpc) is 1.88. The molecule has 1 unspecified atom stereocenters. The molecule has 3 nitrogen and oxygen atoms in total. The van der Waals surface area contributed by atoms with Crippen LogP contribution in [-0.2, 0) is 11.1 Å². The smallest absolute Gasteiger partial charge is 0.113 e. The van der Waals surface area contributed by atoms with Crippen molar-refractivity contribution in [2.75, 3.05) is 0 Å². The Balaban J connectivity index is 3.00. The number of nitrogens with zero attached hydrogens (tertiary/aromatic N) is 1. The Morgan fingerprint density at radius 3 is 2.70 bits per heavy atom. The third-order valence-electron chi connectivity index (χ3n) is 0.871. The zero-order valence-electron chi connectivity index (χ0n) is 4.78. The Hall–Kier alpha value is -0.450. The van der Waals surface area contributed by atoms with Gasteiger partial charge in [-0.2, -0.15) is 0 Å². The fourth-order valence-corrected chi connectivity index (χ4v) is 0.891. The molecule has 1 aromatic rings. The molecule has 0 spiro atoms. The normalized spacial score (nSPS) is 13.0. The van der Waals surface area contributed by atoms with E-state index in [0.717, 1.165) is 0 Å². The van der Waals surface area contributed by atoms with E-state index in [1.807, 2.05) is 0 Å². The van der Waals surface area contributed by atoms with Gasteiger partial charge in [-0.25, -0.2) is 4.98 Å². The van der Waals surface area contributed by atoms with Gasteiger partial charge in [-0.15, -0.1) is 0 Å². The van der Waals surface area contributed by atoms with Crippen LogP contribution in [0.5, 0.6) is 0 Å². The molecule has 0 fully saturated rings. The lowest BCUT2D eigenvalue weighted by Gasteiger charge is -2.01. The van der Waals surface area contributed by atoms with E-state index in [0.29, 0.717) is 5.02 Å². The Morgan fingerprint density at radius 2 is 2.30 bits per heavy atom. The predicted molar refractivity (Wildman–Crippen MR) is 36.4 cm³/mol. The van der Waals surface area contributed by atoms with Crippen LogP contribution in [-0.4, -0.2) is 13.7 Å². The summed E-state index contributed by atoms with van der Waals surface area (Å²) < 4.78 is 20.4. The van der Waals surface area contributed by atoms with Crippen molar-refractivity contribution < 1.29 is 8.76 Å². The lowest BCUT2D eigenvalue weighted by Crippen LogP contribution is -1.91. The van der Waals surface area contributed by atoms with Crippen LogP contribution in [0.25, 0.3) is 0 Å². The predicted octanol–water partition coefficient (Wildman–Crippen LogP) is 0.973. The van der Waals surface area contributed by atoms with Gasteiger partial charge in [0.15, 0.2) is 0 Å². The molecule has 1 aromatic heterocycles. The first-order chi connectivity index (χ1) is 4.70. The summed E-state index contributed by atoms with van der Waals surface area (Å²) in [5.74, 6) is 0. The van der Waals surface area contributed by atoms with Crippen molar-refractivity contribution in [3.05, 3.63) is 23.4 Å². The van der Waals surface area contributed by atoms with Gasteiger partial charge >= 0.3 is 0 Å². The molecule has 54 valence electrons. The third-order valence-corrected chi connectivity index (χ3v) is 1.68. The summed E-state index contributed by atoms with van der Waals surface area (Å²) in [6, 6.07) is 2.81. The molecule has 0 amide bonds. The molecular weight excluding hydrogens is 174 g/mol. The summed E-state index contributed by atoms with van der Waals surface area (Å²) in [5, 5.41) is 0.429. The number of halogens is 1. The standard InChI is InChI=1S/C5H4ClNO2S/c6-4-1-2-5(7-3-4)10(8)9/h1-3H,(H,8,9)/p-1. The van der Waals surface area contributed by atoms with Crippen LogP contribution < -0.4 is 0 Å². The van der Waals surface area contributed by atoms with Crippen LogP contribution in [0, 0.1) is 0 Å². The van der Waals surface area contributed by atoms with Crippen molar-refractivity contribution >= 4 is 22.7 Å². The number of hydrogen-bond acceptors (Lipinski definition) is 3. The summed E-state index contributed by atoms with van der Waals surface area (Å²) in [4.78, 5) is 3.53. The molecule has 0 bridgehead atoms. The van der Waals surface area contributed by atoms with Crippen molar-refractivity contribution in [1.82, 2.24) is 4.98 Å². The van der Waals surface area contributed by atoms with Gasteiger partial charge in [-0.3, -0.25) is 4.21 Å². The maximum atomic E-state index is 10.2. The second kappa shape index (κ2) is 3.09. The minimum Gasteiger partial charge on any atom is -0.767 e. The van der Waals surface area contributed by atoms with E-state index in [1.165, 1.54) is 18.3 Å². The van der Waals surface area contributed by atoms with E-state index in [2.05, 4.69) is 4.98 Å². The first kappa shape index (κ1) is 7.65. The molecule has 0 radical (unpaired) electrons. The van der Waals surface area contributed by atoms with Gasteiger partial charge in [0.1, 0.15) is 5.03 Å². The molecule has 0 aliphatic rings. The quantitative estimate of drug-likeness (QED) is 0.600. The SMILES string of the molecule is O=S([O-])c1ccc(Cl)cn1. The molecule has 0 saturated heterocycles. The highest BCUT2D eigenvalue weighted by Gasteiger charge is 1.91. The molecule has 0 aliphatic heterocycles. The van der Waals surface area contributed by atoms with Gasteiger partial charge in [0, 0.05) is 6.20 Å². The number of rotatable bonds is 1. The lowest BCUT2D eigenvalue weighted by molar-refractivity contribution is 0.533. The fraction of sp³-hybridized carbons (Fsp3) is 0. The Kier molecular flexibility index (Phi) is 2.37. The topological polar surface area (TPSA) is 53.0 Å². The molecule has 0 N–H and O–H groups in total. The summed E-state index contributed by atoms with van der Waals surface area (Å²) in [7, 11) is 0. The molecule has 1 rings (SSSR count). The first-order valence-electron chi connectivity index (χ1n) is 2.41. The maximum absolute atomic E-state index is 10.2. The summed E-state index contributed by atoms with van der Waals surface area (Å²) in [6.07, 6.45) is 1.28. The van der Waals surface area contributed by atoms with E-state index < -0.39 is 11.1 Å². The van der Waals surface area contributed by atoms with Crippen LogP contribution in [0.3, 0.4) is 0 Å².